The summed E-state index contributed by atoms with van der Waals surface area (Å²) in [6.07, 6.45) is 5.55. The lowest BCUT2D eigenvalue weighted by molar-refractivity contribution is 0.234. The Morgan fingerprint density at radius 2 is 2.12 bits per heavy atom. The second kappa shape index (κ2) is 5.92. The number of rotatable bonds is 2. The van der Waals surface area contributed by atoms with Crippen LogP contribution in [0.3, 0.4) is 0 Å². The van der Waals surface area contributed by atoms with E-state index in [4.69, 9.17) is 4.74 Å². The lowest BCUT2D eigenvalue weighted by Gasteiger charge is -2.32. The van der Waals surface area contributed by atoms with Crippen LogP contribution in [0.25, 0.3) is 0 Å². The molecule has 1 aromatic carbocycles. The lowest BCUT2D eigenvalue weighted by Crippen LogP contribution is -2.34. The van der Waals surface area contributed by atoms with Crippen LogP contribution in [0, 0.1) is 11.6 Å². The van der Waals surface area contributed by atoms with Crippen LogP contribution < -0.4 is 0 Å². The number of ether oxygens (including phenoxy) is 1. The van der Waals surface area contributed by atoms with Crippen LogP contribution in [-0.4, -0.2) is 34.8 Å². The van der Waals surface area contributed by atoms with Crippen molar-refractivity contribution in [2.24, 2.45) is 4.99 Å². The molecule has 3 heterocycles. The van der Waals surface area contributed by atoms with Gasteiger partial charge in [-0.05, 0) is 37.0 Å². The first-order chi connectivity index (χ1) is 11.6. The molecular weight excluding hydrogens is 312 g/mol. The monoisotopic (exact) mass is 331 g/mol. The van der Waals surface area contributed by atoms with Gasteiger partial charge in [0, 0.05) is 25.2 Å². The van der Waals surface area contributed by atoms with E-state index in [1.165, 1.54) is 25.3 Å². The summed E-state index contributed by atoms with van der Waals surface area (Å²) >= 11 is 0. The Kier molecular flexibility index (Phi) is 3.75. The first-order valence-electron chi connectivity index (χ1n) is 8.22. The number of piperidine rings is 1. The molecule has 3 aliphatic heterocycles. The molecule has 1 atom stereocenters. The largest absolute Gasteiger partial charge is 0.473 e. The maximum absolute atomic E-state index is 13.3. The summed E-state index contributed by atoms with van der Waals surface area (Å²) in [5.74, 6) is 0.481. The van der Waals surface area contributed by atoms with E-state index >= 15 is 0 Å². The van der Waals surface area contributed by atoms with Gasteiger partial charge in [-0.15, -0.1) is 0 Å². The zero-order valence-corrected chi connectivity index (χ0v) is 13.3. The predicted molar refractivity (Wildman–Crippen MR) is 86.9 cm³/mol. The van der Waals surface area contributed by atoms with Crippen LogP contribution in [0.1, 0.15) is 24.8 Å². The molecule has 126 valence electrons. The molecule has 1 aromatic rings. The van der Waals surface area contributed by atoms with E-state index < -0.39 is 11.6 Å². The maximum atomic E-state index is 13.3. The second-order valence-electron chi connectivity index (χ2n) is 6.36. The highest BCUT2D eigenvalue weighted by atomic mass is 19.2. The summed E-state index contributed by atoms with van der Waals surface area (Å²) < 4.78 is 31.9. The number of nitrogens with zero attached hydrogens (tertiary/aromatic N) is 3. The summed E-state index contributed by atoms with van der Waals surface area (Å²) in [5.41, 5.74) is 0.560. The molecule has 1 unspecified atom stereocenters. The maximum Gasteiger partial charge on any atom is 0.219 e. The first-order valence-corrected chi connectivity index (χ1v) is 8.22. The normalized spacial score (nSPS) is 22.8. The van der Waals surface area contributed by atoms with E-state index in [0.717, 1.165) is 31.0 Å². The Labute approximate surface area is 139 Å². The highest BCUT2D eigenvalue weighted by Crippen LogP contribution is 2.35. The molecule has 0 aromatic heterocycles. The van der Waals surface area contributed by atoms with Crippen LogP contribution >= 0.6 is 0 Å². The molecule has 0 N–H and O–H groups in total. The topological polar surface area (TPSA) is 28.1 Å². The van der Waals surface area contributed by atoms with Gasteiger partial charge in [0.1, 0.15) is 18.2 Å². The van der Waals surface area contributed by atoms with E-state index in [2.05, 4.69) is 21.4 Å². The number of fused-ring (bicyclic) bond motifs is 3. The molecular formula is C18H19F2N3O. The van der Waals surface area contributed by atoms with Gasteiger partial charge in [0.15, 0.2) is 11.6 Å². The lowest BCUT2D eigenvalue weighted by atomic mass is 10.0. The van der Waals surface area contributed by atoms with E-state index in [9.17, 15) is 8.78 Å². The predicted octanol–water partition coefficient (Wildman–Crippen LogP) is 3.38. The summed E-state index contributed by atoms with van der Waals surface area (Å²) in [6.45, 7) is 6.12. The van der Waals surface area contributed by atoms with Crippen molar-refractivity contribution in [3.63, 3.8) is 0 Å². The van der Waals surface area contributed by atoms with Gasteiger partial charge in [-0.1, -0.05) is 12.6 Å². The van der Waals surface area contributed by atoms with Gasteiger partial charge < -0.3 is 14.5 Å². The van der Waals surface area contributed by atoms with Crippen molar-refractivity contribution in [3.05, 3.63) is 59.7 Å². The van der Waals surface area contributed by atoms with Gasteiger partial charge >= 0.3 is 0 Å². The molecule has 4 nitrogen and oxygen atoms in total. The minimum atomic E-state index is -0.873. The molecule has 24 heavy (non-hydrogen) atoms. The molecule has 2 saturated heterocycles. The van der Waals surface area contributed by atoms with Crippen LogP contribution in [0.2, 0.25) is 0 Å². The van der Waals surface area contributed by atoms with Gasteiger partial charge in [0.2, 0.25) is 5.90 Å². The number of hydrogen-bond acceptors (Lipinski definition) is 4. The Morgan fingerprint density at radius 3 is 2.96 bits per heavy atom. The van der Waals surface area contributed by atoms with E-state index in [0.29, 0.717) is 23.3 Å². The molecule has 4 rings (SSSR count). The summed E-state index contributed by atoms with van der Waals surface area (Å²) in [4.78, 5) is 8.91. The van der Waals surface area contributed by atoms with Gasteiger partial charge in [0.25, 0.3) is 0 Å². The standard InChI is InChI=1S/C18H19F2N3O/c1-12-21-17(24-11-13-5-6-15(19)16(20)8-13)9-18-22-7-3-2-4-14(22)10-23(12)18/h5-6,8-9,14H,1-4,7,10-11H2. The van der Waals surface area contributed by atoms with Crippen molar-refractivity contribution >= 4 is 5.90 Å². The van der Waals surface area contributed by atoms with Crippen LogP contribution in [0.4, 0.5) is 8.78 Å². The third-order valence-electron chi connectivity index (χ3n) is 4.77. The number of halogens is 2. The molecule has 0 aliphatic carbocycles. The number of hydrogen-bond donors (Lipinski definition) is 0. The van der Waals surface area contributed by atoms with Crippen molar-refractivity contribution in [1.29, 1.82) is 0 Å². The second-order valence-corrected chi connectivity index (χ2v) is 6.36. The fourth-order valence-corrected chi connectivity index (χ4v) is 3.54. The zero-order valence-electron chi connectivity index (χ0n) is 13.3. The Bertz CT molecular complexity index is 744. The SMILES string of the molecule is C=C1N=C(OCc2ccc(F)c(F)c2)C=C2N1CC1CCCCN21. The molecule has 2 fully saturated rings. The van der Waals surface area contributed by atoms with Gasteiger partial charge in [-0.3, -0.25) is 0 Å². The van der Waals surface area contributed by atoms with E-state index in [-0.39, 0.29) is 6.61 Å². The molecule has 0 saturated carbocycles. The average molecular weight is 331 g/mol. The van der Waals surface area contributed by atoms with Gasteiger partial charge in [-0.2, -0.15) is 4.99 Å². The third kappa shape index (κ3) is 2.66. The van der Waals surface area contributed by atoms with Crippen LogP contribution in [0.5, 0.6) is 0 Å². The molecule has 0 bridgehead atoms. The zero-order chi connectivity index (χ0) is 16.7. The van der Waals surface area contributed by atoms with Gasteiger partial charge in [0.05, 0.1) is 0 Å². The minimum absolute atomic E-state index is 0.135. The quantitative estimate of drug-likeness (QED) is 0.832. The highest BCUT2D eigenvalue weighted by Gasteiger charge is 2.38. The van der Waals surface area contributed by atoms with E-state index in [1.54, 1.807) is 0 Å². The molecule has 0 amide bonds. The Morgan fingerprint density at radius 1 is 1.25 bits per heavy atom. The fraction of sp³-hybridized carbons (Fsp3) is 0.389. The minimum Gasteiger partial charge on any atom is -0.473 e. The summed E-state index contributed by atoms with van der Waals surface area (Å²) in [5, 5.41) is 0. The highest BCUT2D eigenvalue weighted by molar-refractivity contribution is 5.90. The average Bonchev–Trinajstić information content (AvgIpc) is 2.95. The van der Waals surface area contributed by atoms with Crippen LogP contribution in [0.15, 0.2) is 47.5 Å². The number of aliphatic imine (C=N–C) groups is 1. The Balaban J connectivity index is 1.49. The van der Waals surface area contributed by atoms with Crippen molar-refractivity contribution < 1.29 is 13.5 Å². The third-order valence-corrected chi connectivity index (χ3v) is 4.77. The molecule has 0 spiro atoms. The van der Waals surface area contributed by atoms with E-state index in [1.807, 2.05) is 6.08 Å². The smallest absolute Gasteiger partial charge is 0.219 e. The van der Waals surface area contributed by atoms with Crippen molar-refractivity contribution in [2.45, 2.75) is 31.9 Å². The Hall–Kier alpha value is -2.37. The fourth-order valence-electron chi connectivity index (χ4n) is 3.54. The first kappa shape index (κ1) is 15.2. The van der Waals surface area contributed by atoms with Crippen molar-refractivity contribution in [3.8, 4) is 0 Å². The van der Waals surface area contributed by atoms with Crippen LogP contribution in [-0.2, 0) is 11.3 Å². The molecule has 6 heteroatoms. The summed E-state index contributed by atoms with van der Waals surface area (Å²) in [6, 6.07) is 4.27. The van der Waals surface area contributed by atoms with Crippen molar-refractivity contribution in [1.82, 2.24) is 9.80 Å². The van der Waals surface area contributed by atoms with Crippen molar-refractivity contribution in [2.75, 3.05) is 13.1 Å². The molecule has 0 radical (unpaired) electrons. The van der Waals surface area contributed by atoms with Gasteiger partial charge in [-0.25, -0.2) is 8.78 Å². The summed E-state index contributed by atoms with van der Waals surface area (Å²) in [7, 11) is 0. The number of benzene rings is 1. The molecule has 3 aliphatic rings.